The highest BCUT2D eigenvalue weighted by molar-refractivity contribution is 6.01. The Bertz CT molecular complexity index is 666. The van der Waals surface area contributed by atoms with E-state index in [0.717, 1.165) is 11.3 Å². The Balaban J connectivity index is 2.03. The molecule has 2 N–H and O–H groups in total. The molecule has 0 bridgehead atoms. The summed E-state index contributed by atoms with van der Waals surface area (Å²) in [5.41, 5.74) is 2.27. The summed E-state index contributed by atoms with van der Waals surface area (Å²) in [6.45, 7) is 1.70. The Kier molecular flexibility index (Phi) is 4.22. The molecule has 21 heavy (non-hydrogen) atoms. The quantitative estimate of drug-likeness (QED) is 0.900. The molecule has 110 valence electrons. The number of carbonyl (C=O) groups excluding carboxylic acids is 1. The minimum atomic E-state index is -0.993. The number of carboxylic acids is 1. The highest BCUT2D eigenvalue weighted by Gasteiger charge is 2.12. The van der Waals surface area contributed by atoms with Gasteiger partial charge in [0.05, 0.1) is 11.9 Å². The van der Waals surface area contributed by atoms with E-state index in [2.05, 4.69) is 10.4 Å². The maximum absolute atomic E-state index is 12.1. The third kappa shape index (κ3) is 3.82. The van der Waals surface area contributed by atoms with Crippen LogP contribution in [0, 0.1) is 6.92 Å². The molecule has 0 saturated heterocycles. The molecule has 0 aliphatic heterocycles. The van der Waals surface area contributed by atoms with Crippen LogP contribution in [0.2, 0.25) is 0 Å². The topological polar surface area (TPSA) is 87.5 Å². The molecule has 0 spiro atoms. The molecule has 1 aromatic heterocycles. The summed E-state index contributed by atoms with van der Waals surface area (Å²) < 4.78 is 1.24. The Labute approximate surface area is 121 Å². The molecule has 2 amide bonds. The number of benzene rings is 1. The van der Waals surface area contributed by atoms with Gasteiger partial charge in [-0.3, -0.25) is 14.4 Å². The van der Waals surface area contributed by atoms with Gasteiger partial charge in [0.1, 0.15) is 6.54 Å². The van der Waals surface area contributed by atoms with Gasteiger partial charge in [-0.1, -0.05) is 12.1 Å². The van der Waals surface area contributed by atoms with Crippen molar-refractivity contribution in [3.63, 3.8) is 0 Å². The monoisotopic (exact) mass is 288 g/mol. The zero-order valence-electron chi connectivity index (χ0n) is 11.8. The lowest BCUT2D eigenvalue weighted by molar-refractivity contribution is -0.137. The number of nitrogens with zero attached hydrogens (tertiary/aromatic N) is 3. The van der Waals surface area contributed by atoms with Crippen molar-refractivity contribution in [1.82, 2.24) is 9.78 Å². The summed E-state index contributed by atoms with van der Waals surface area (Å²) >= 11 is 0. The van der Waals surface area contributed by atoms with Crippen molar-refractivity contribution in [3.8, 4) is 0 Å². The van der Waals surface area contributed by atoms with Gasteiger partial charge in [0.2, 0.25) is 0 Å². The molecule has 0 aliphatic rings. The van der Waals surface area contributed by atoms with E-state index in [1.807, 2.05) is 31.2 Å². The third-order valence-corrected chi connectivity index (χ3v) is 2.88. The first-order valence-electron chi connectivity index (χ1n) is 6.31. The number of rotatable bonds is 4. The first-order valence-corrected chi connectivity index (χ1v) is 6.31. The van der Waals surface area contributed by atoms with E-state index in [9.17, 15) is 9.59 Å². The zero-order valence-corrected chi connectivity index (χ0v) is 11.8. The first kappa shape index (κ1) is 14.6. The van der Waals surface area contributed by atoms with Crippen molar-refractivity contribution in [1.29, 1.82) is 0 Å². The summed E-state index contributed by atoms with van der Waals surface area (Å²) in [5.74, 6) is -0.993. The molecule has 0 aliphatic carbocycles. The van der Waals surface area contributed by atoms with E-state index in [4.69, 9.17) is 5.11 Å². The molecule has 2 rings (SSSR count). The van der Waals surface area contributed by atoms with Crippen molar-refractivity contribution >= 4 is 23.4 Å². The minimum Gasteiger partial charge on any atom is -0.480 e. The number of urea groups is 1. The maximum Gasteiger partial charge on any atom is 0.326 e. The molecule has 0 saturated carbocycles. The normalized spacial score (nSPS) is 10.2. The largest absolute Gasteiger partial charge is 0.480 e. The average Bonchev–Trinajstić information content (AvgIpc) is 2.84. The van der Waals surface area contributed by atoms with Crippen LogP contribution in [0.5, 0.6) is 0 Å². The number of nitrogens with one attached hydrogen (secondary N) is 1. The van der Waals surface area contributed by atoms with Crippen LogP contribution in [0.3, 0.4) is 0 Å². The molecule has 0 fully saturated rings. The van der Waals surface area contributed by atoms with Crippen LogP contribution in [0.25, 0.3) is 0 Å². The van der Waals surface area contributed by atoms with Gasteiger partial charge in [-0.05, 0) is 24.6 Å². The Morgan fingerprint density at radius 3 is 2.86 bits per heavy atom. The highest BCUT2D eigenvalue weighted by atomic mass is 16.4. The second-order valence-corrected chi connectivity index (χ2v) is 4.65. The van der Waals surface area contributed by atoms with E-state index >= 15 is 0 Å². The van der Waals surface area contributed by atoms with Crippen LogP contribution in [-0.2, 0) is 11.3 Å². The number of amides is 2. The third-order valence-electron chi connectivity index (χ3n) is 2.88. The van der Waals surface area contributed by atoms with E-state index in [0.29, 0.717) is 5.69 Å². The molecule has 0 atom stereocenters. The molecule has 7 heteroatoms. The number of aromatic nitrogens is 2. The lowest BCUT2D eigenvalue weighted by Crippen LogP contribution is -2.31. The fourth-order valence-corrected chi connectivity index (χ4v) is 1.81. The predicted octanol–water partition coefficient (Wildman–Crippen LogP) is 1.94. The molecule has 2 aromatic rings. The van der Waals surface area contributed by atoms with Crippen molar-refractivity contribution in [3.05, 3.63) is 42.2 Å². The molecular weight excluding hydrogens is 272 g/mol. The second kappa shape index (κ2) is 6.08. The van der Waals surface area contributed by atoms with Gasteiger partial charge in [0.25, 0.3) is 0 Å². The van der Waals surface area contributed by atoms with Gasteiger partial charge in [0.15, 0.2) is 0 Å². The van der Waals surface area contributed by atoms with Crippen LogP contribution in [0.4, 0.5) is 16.2 Å². The van der Waals surface area contributed by atoms with E-state index < -0.39 is 5.97 Å². The average molecular weight is 288 g/mol. The summed E-state index contributed by atoms with van der Waals surface area (Å²) in [5, 5.41) is 15.2. The predicted molar refractivity (Wildman–Crippen MR) is 78.5 cm³/mol. The summed E-state index contributed by atoms with van der Waals surface area (Å²) in [6.07, 6.45) is 2.88. The minimum absolute atomic E-state index is 0.246. The zero-order chi connectivity index (χ0) is 15.4. The summed E-state index contributed by atoms with van der Waals surface area (Å²) in [7, 11) is 1.66. The second-order valence-electron chi connectivity index (χ2n) is 4.65. The van der Waals surface area contributed by atoms with Crippen LogP contribution >= 0.6 is 0 Å². The Morgan fingerprint density at radius 1 is 1.43 bits per heavy atom. The van der Waals surface area contributed by atoms with Crippen molar-refractivity contribution in [2.75, 3.05) is 17.3 Å². The van der Waals surface area contributed by atoms with Crippen molar-refractivity contribution in [2.45, 2.75) is 13.5 Å². The Hall–Kier alpha value is -2.83. The summed E-state index contributed by atoms with van der Waals surface area (Å²) in [4.78, 5) is 24.2. The van der Waals surface area contributed by atoms with Crippen molar-refractivity contribution < 1.29 is 14.7 Å². The van der Waals surface area contributed by atoms with Crippen LogP contribution < -0.4 is 10.2 Å². The maximum atomic E-state index is 12.1. The van der Waals surface area contributed by atoms with Gasteiger partial charge < -0.3 is 10.4 Å². The van der Waals surface area contributed by atoms with Gasteiger partial charge in [0, 0.05) is 18.9 Å². The molecule has 1 aromatic carbocycles. The number of aliphatic carboxylic acids is 1. The van der Waals surface area contributed by atoms with E-state index in [1.165, 1.54) is 22.0 Å². The smallest absolute Gasteiger partial charge is 0.326 e. The fraction of sp³-hybridized carbons (Fsp3) is 0.214. The van der Waals surface area contributed by atoms with E-state index in [-0.39, 0.29) is 12.6 Å². The molecule has 7 nitrogen and oxygen atoms in total. The van der Waals surface area contributed by atoms with Gasteiger partial charge in [-0.25, -0.2) is 4.79 Å². The molecule has 0 unspecified atom stereocenters. The fourth-order valence-electron chi connectivity index (χ4n) is 1.81. The first-order chi connectivity index (χ1) is 9.95. The lowest BCUT2D eigenvalue weighted by Gasteiger charge is -2.17. The van der Waals surface area contributed by atoms with Gasteiger partial charge in [-0.2, -0.15) is 5.10 Å². The number of anilines is 2. The van der Waals surface area contributed by atoms with E-state index in [1.54, 1.807) is 7.05 Å². The Morgan fingerprint density at radius 2 is 2.19 bits per heavy atom. The van der Waals surface area contributed by atoms with Gasteiger partial charge >= 0.3 is 12.0 Å². The lowest BCUT2D eigenvalue weighted by atomic mass is 10.2. The molecule has 1 heterocycles. The number of hydrogen-bond acceptors (Lipinski definition) is 3. The standard InChI is InChI=1S/C14H16N4O3/c1-10-4-3-5-12(6-10)17(2)14(21)16-11-7-15-18(8-11)9-13(19)20/h3-8H,9H2,1-2H3,(H,16,21)(H,19,20). The van der Waals surface area contributed by atoms with Gasteiger partial charge in [-0.15, -0.1) is 0 Å². The number of carboxylic acid groups (broad SMARTS) is 1. The SMILES string of the molecule is Cc1cccc(N(C)C(=O)Nc2cnn(CC(=O)O)c2)c1. The number of aryl methyl sites for hydroxylation is 1. The number of carbonyl (C=O) groups is 2. The highest BCUT2D eigenvalue weighted by Crippen LogP contribution is 2.15. The molecule has 0 radical (unpaired) electrons. The molecular formula is C14H16N4O3. The van der Waals surface area contributed by atoms with Crippen LogP contribution in [0.1, 0.15) is 5.56 Å². The number of hydrogen-bond donors (Lipinski definition) is 2. The van der Waals surface area contributed by atoms with Crippen molar-refractivity contribution in [2.24, 2.45) is 0 Å². The van der Waals surface area contributed by atoms with Crippen LogP contribution in [0.15, 0.2) is 36.7 Å². The van der Waals surface area contributed by atoms with Crippen LogP contribution in [-0.4, -0.2) is 33.9 Å². The summed E-state index contributed by atoms with van der Waals surface area (Å²) in [6, 6.07) is 7.23.